The minimum Gasteiger partial charge on any atom is -0.462 e. The SMILES string of the molecule is CCCOC(=O)/C(=C/Nc1ccccc1)C(=O)c1c(F)c(C)c(F)c(F)c1[N+](=O)[O-]. The zero-order valence-corrected chi connectivity index (χ0v) is 16.0. The van der Waals surface area contributed by atoms with Gasteiger partial charge in [-0.3, -0.25) is 14.9 Å². The summed E-state index contributed by atoms with van der Waals surface area (Å²) >= 11 is 0. The number of nitro groups is 1. The first-order chi connectivity index (χ1) is 14.2. The van der Waals surface area contributed by atoms with Gasteiger partial charge in [0.25, 0.3) is 0 Å². The molecule has 0 aliphatic heterocycles. The topological polar surface area (TPSA) is 98.5 Å². The van der Waals surface area contributed by atoms with E-state index in [1.54, 1.807) is 37.3 Å². The molecule has 0 spiro atoms. The third kappa shape index (κ3) is 4.65. The van der Waals surface area contributed by atoms with Crippen LogP contribution in [0, 0.1) is 34.5 Å². The molecular weight excluding hydrogens is 405 g/mol. The maximum Gasteiger partial charge on any atom is 0.343 e. The smallest absolute Gasteiger partial charge is 0.343 e. The van der Waals surface area contributed by atoms with Crippen molar-refractivity contribution >= 4 is 23.1 Å². The van der Waals surface area contributed by atoms with Crippen molar-refractivity contribution in [3.63, 3.8) is 0 Å². The highest BCUT2D eigenvalue weighted by Gasteiger charge is 2.37. The van der Waals surface area contributed by atoms with Gasteiger partial charge in [-0.15, -0.1) is 0 Å². The highest BCUT2D eigenvalue weighted by molar-refractivity contribution is 6.25. The van der Waals surface area contributed by atoms with E-state index in [1.165, 1.54) is 0 Å². The van der Waals surface area contributed by atoms with Crippen LogP contribution < -0.4 is 5.32 Å². The summed E-state index contributed by atoms with van der Waals surface area (Å²) in [7, 11) is 0. The number of Topliss-reactive ketones (excluding diaryl/α,β-unsaturated/α-hetero) is 1. The lowest BCUT2D eigenvalue weighted by Gasteiger charge is -2.11. The third-order valence-corrected chi connectivity index (χ3v) is 3.98. The van der Waals surface area contributed by atoms with E-state index in [2.05, 4.69) is 5.32 Å². The van der Waals surface area contributed by atoms with E-state index in [4.69, 9.17) is 4.74 Å². The first kappa shape index (κ1) is 22.6. The molecule has 0 aromatic heterocycles. The van der Waals surface area contributed by atoms with E-state index in [1.807, 2.05) is 0 Å². The molecule has 10 heteroatoms. The van der Waals surface area contributed by atoms with Gasteiger partial charge in [0.1, 0.15) is 17.0 Å². The molecule has 7 nitrogen and oxygen atoms in total. The lowest BCUT2D eigenvalue weighted by molar-refractivity contribution is -0.388. The lowest BCUT2D eigenvalue weighted by Crippen LogP contribution is -2.21. The van der Waals surface area contributed by atoms with Crippen molar-refractivity contribution in [2.45, 2.75) is 20.3 Å². The Balaban J connectivity index is 2.63. The van der Waals surface area contributed by atoms with Gasteiger partial charge >= 0.3 is 11.7 Å². The summed E-state index contributed by atoms with van der Waals surface area (Å²) in [4.78, 5) is 35.1. The summed E-state index contributed by atoms with van der Waals surface area (Å²) in [5, 5.41) is 13.9. The number of carbonyl (C=O) groups is 2. The first-order valence-corrected chi connectivity index (χ1v) is 8.75. The zero-order chi connectivity index (χ0) is 22.4. The molecule has 2 aromatic rings. The fraction of sp³-hybridized carbons (Fsp3) is 0.200. The molecule has 158 valence electrons. The van der Waals surface area contributed by atoms with Gasteiger partial charge in [-0.2, -0.15) is 4.39 Å². The number of benzene rings is 2. The number of rotatable bonds is 8. The van der Waals surface area contributed by atoms with E-state index in [9.17, 15) is 32.9 Å². The number of halogens is 3. The Kier molecular flexibility index (Phi) is 7.29. The van der Waals surface area contributed by atoms with Gasteiger partial charge in [0.05, 0.1) is 11.5 Å². The minimum absolute atomic E-state index is 0.0871. The maximum atomic E-state index is 14.6. The standard InChI is InChI=1S/C20H17F3N2O5/c1-3-9-30-20(27)13(10-24-12-7-5-4-6-8-12)19(26)14-15(21)11(2)16(22)17(23)18(14)25(28)29/h4-8,10,24H,3,9H2,1-2H3/b13-10+. The summed E-state index contributed by atoms with van der Waals surface area (Å²) < 4.78 is 47.4. The van der Waals surface area contributed by atoms with Crippen LogP contribution in [0.3, 0.4) is 0 Å². The number of ether oxygens (including phenoxy) is 1. The molecule has 0 amide bonds. The van der Waals surface area contributed by atoms with Crippen LogP contribution in [0.5, 0.6) is 0 Å². The molecule has 0 radical (unpaired) electrons. The Morgan fingerprint density at radius 2 is 1.77 bits per heavy atom. The largest absolute Gasteiger partial charge is 0.462 e. The molecule has 30 heavy (non-hydrogen) atoms. The van der Waals surface area contributed by atoms with Crippen molar-refractivity contribution in [2.24, 2.45) is 0 Å². The predicted octanol–water partition coefficient (Wildman–Crippen LogP) is 4.45. The molecule has 0 fully saturated rings. The zero-order valence-electron chi connectivity index (χ0n) is 16.0. The van der Waals surface area contributed by atoms with Gasteiger partial charge < -0.3 is 10.1 Å². The van der Waals surface area contributed by atoms with Crippen molar-refractivity contribution in [1.82, 2.24) is 0 Å². The van der Waals surface area contributed by atoms with Crippen molar-refractivity contribution in [3.05, 3.63) is 80.8 Å². The summed E-state index contributed by atoms with van der Waals surface area (Å²) in [6.07, 6.45) is 1.27. The Labute approximate surface area is 169 Å². The molecule has 0 aliphatic carbocycles. The van der Waals surface area contributed by atoms with E-state index < -0.39 is 56.5 Å². The lowest BCUT2D eigenvalue weighted by atomic mass is 9.98. The van der Waals surface area contributed by atoms with E-state index in [0.29, 0.717) is 12.1 Å². The number of nitro benzene ring substituents is 1. The van der Waals surface area contributed by atoms with Crippen molar-refractivity contribution in [3.8, 4) is 0 Å². The molecule has 2 rings (SSSR count). The Hall–Kier alpha value is -3.69. The summed E-state index contributed by atoms with van der Waals surface area (Å²) in [6, 6.07) is 8.17. The second kappa shape index (κ2) is 9.68. The third-order valence-electron chi connectivity index (χ3n) is 3.98. The van der Waals surface area contributed by atoms with Crippen LogP contribution in [0.2, 0.25) is 0 Å². The number of carbonyl (C=O) groups excluding carboxylic acids is 2. The van der Waals surface area contributed by atoms with Gasteiger partial charge in [-0.1, -0.05) is 25.1 Å². The highest BCUT2D eigenvalue weighted by Crippen LogP contribution is 2.32. The van der Waals surface area contributed by atoms with E-state index in [0.717, 1.165) is 13.1 Å². The quantitative estimate of drug-likeness (QED) is 0.0986. The minimum atomic E-state index is -2.00. The van der Waals surface area contributed by atoms with Crippen LogP contribution in [-0.2, 0) is 9.53 Å². The van der Waals surface area contributed by atoms with Crippen molar-refractivity contribution in [2.75, 3.05) is 11.9 Å². The summed E-state index contributed by atoms with van der Waals surface area (Å²) in [5.41, 5.74) is -4.39. The summed E-state index contributed by atoms with van der Waals surface area (Å²) in [6.45, 7) is 2.41. The number of esters is 1. The second-order valence-corrected chi connectivity index (χ2v) is 6.08. The van der Waals surface area contributed by atoms with Gasteiger partial charge in [0.15, 0.2) is 5.82 Å². The van der Waals surface area contributed by atoms with Crippen LogP contribution in [0.1, 0.15) is 29.3 Å². The number of nitrogens with zero attached hydrogens (tertiary/aromatic N) is 1. The van der Waals surface area contributed by atoms with E-state index in [-0.39, 0.29) is 6.61 Å². The van der Waals surface area contributed by atoms with Crippen LogP contribution >= 0.6 is 0 Å². The normalized spacial score (nSPS) is 11.2. The second-order valence-electron chi connectivity index (χ2n) is 6.08. The molecule has 1 N–H and O–H groups in total. The predicted molar refractivity (Wildman–Crippen MR) is 101 cm³/mol. The summed E-state index contributed by atoms with van der Waals surface area (Å²) in [5.74, 6) is -8.16. The van der Waals surface area contributed by atoms with Crippen molar-refractivity contribution in [1.29, 1.82) is 0 Å². The fourth-order valence-corrected chi connectivity index (χ4v) is 2.46. The highest BCUT2D eigenvalue weighted by atomic mass is 19.2. The van der Waals surface area contributed by atoms with Gasteiger partial charge in [0.2, 0.25) is 11.6 Å². The van der Waals surface area contributed by atoms with Crippen LogP contribution in [-0.4, -0.2) is 23.3 Å². The van der Waals surface area contributed by atoms with Gasteiger partial charge in [0, 0.05) is 17.5 Å². The fourth-order valence-electron chi connectivity index (χ4n) is 2.46. The average molecular weight is 422 g/mol. The molecular formula is C20H17F3N2O5. The van der Waals surface area contributed by atoms with Gasteiger partial charge in [-0.25, -0.2) is 13.6 Å². The maximum absolute atomic E-state index is 14.6. The number of para-hydroxylation sites is 1. The number of ketones is 1. The molecule has 0 unspecified atom stereocenters. The molecule has 0 bridgehead atoms. The first-order valence-electron chi connectivity index (χ1n) is 8.75. The molecule has 0 heterocycles. The van der Waals surface area contributed by atoms with E-state index >= 15 is 0 Å². The number of hydrogen-bond donors (Lipinski definition) is 1. The molecule has 0 atom stereocenters. The molecule has 0 saturated carbocycles. The van der Waals surface area contributed by atoms with Crippen LogP contribution in [0.15, 0.2) is 42.1 Å². The number of hydrogen-bond acceptors (Lipinski definition) is 6. The van der Waals surface area contributed by atoms with Crippen molar-refractivity contribution < 1.29 is 32.4 Å². The Bertz CT molecular complexity index is 1020. The average Bonchev–Trinajstić information content (AvgIpc) is 2.73. The number of anilines is 1. The monoisotopic (exact) mass is 422 g/mol. The Morgan fingerprint density at radius 3 is 2.33 bits per heavy atom. The Morgan fingerprint density at radius 1 is 1.13 bits per heavy atom. The van der Waals surface area contributed by atoms with Crippen LogP contribution in [0.25, 0.3) is 0 Å². The molecule has 0 aliphatic rings. The van der Waals surface area contributed by atoms with Gasteiger partial charge in [-0.05, 0) is 25.5 Å². The molecule has 0 saturated heterocycles. The van der Waals surface area contributed by atoms with Crippen LogP contribution in [0.4, 0.5) is 24.5 Å². The number of nitrogens with one attached hydrogen (secondary N) is 1. The molecule has 2 aromatic carbocycles.